The highest BCUT2D eigenvalue weighted by molar-refractivity contribution is 6.32. The van der Waals surface area contributed by atoms with Crippen molar-refractivity contribution in [2.75, 3.05) is 20.7 Å². The highest BCUT2D eigenvalue weighted by Crippen LogP contribution is 2.25. The van der Waals surface area contributed by atoms with Crippen molar-refractivity contribution < 1.29 is 9.53 Å². The van der Waals surface area contributed by atoms with Gasteiger partial charge in [0.2, 0.25) is 0 Å². The first-order chi connectivity index (χ1) is 7.06. The average molecular weight is 228 g/mol. The van der Waals surface area contributed by atoms with E-state index in [0.29, 0.717) is 22.9 Å². The Balaban J connectivity index is 2.96. The smallest absolute Gasteiger partial charge is 0.253 e. The van der Waals surface area contributed by atoms with Crippen molar-refractivity contribution in [1.29, 1.82) is 0 Å². The van der Waals surface area contributed by atoms with Crippen LogP contribution in [0.1, 0.15) is 17.3 Å². The van der Waals surface area contributed by atoms with Crippen molar-refractivity contribution in [3.05, 3.63) is 28.8 Å². The summed E-state index contributed by atoms with van der Waals surface area (Å²) in [7, 11) is 3.40. The molecule has 0 spiro atoms. The van der Waals surface area contributed by atoms with Gasteiger partial charge in [0.15, 0.2) is 0 Å². The van der Waals surface area contributed by atoms with Gasteiger partial charge in [-0.3, -0.25) is 4.79 Å². The Hall–Kier alpha value is -1.22. The Labute approximate surface area is 94.6 Å². The van der Waals surface area contributed by atoms with Crippen LogP contribution in [0.2, 0.25) is 5.02 Å². The highest BCUT2D eigenvalue weighted by atomic mass is 35.5. The van der Waals surface area contributed by atoms with E-state index in [1.165, 1.54) is 4.90 Å². The molecule has 0 aromatic heterocycles. The Morgan fingerprint density at radius 2 is 2.13 bits per heavy atom. The molecule has 1 amide bonds. The molecule has 0 bridgehead atoms. The van der Waals surface area contributed by atoms with Crippen molar-refractivity contribution in [3.8, 4) is 5.75 Å². The third-order valence-electron chi connectivity index (χ3n) is 1.88. The number of rotatable bonds is 3. The zero-order chi connectivity index (χ0) is 11.4. The summed E-state index contributed by atoms with van der Waals surface area (Å²) >= 11 is 5.96. The minimum Gasteiger partial charge on any atom is -0.492 e. The molecule has 0 saturated heterocycles. The third kappa shape index (κ3) is 2.86. The second-order valence-electron chi connectivity index (χ2n) is 3.28. The van der Waals surface area contributed by atoms with Crippen molar-refractivity contribution in [2.24, 2.45) is 0 Å². The number of ether oxygens (including phenoxy) is 1. The molecule has 0 heterocycles. The fraction of sp³-hybridized carbons (Fsp3) is 0.364. The number of hydrogen-bond donors (Lipinski definition) is 0. The minimum atomic E-state index is -0.0695. The monoisotopic (exact) mass is 227 g/mol. The first-order valence-electron chi connectivity index (χ1n) is 4.70. The summed E-state index contributed by atoms with van der Waals surface area (Å²) in [6.07, 6.45) is 0. The minimum absolute atomic E-state index is 0.0695. The molecule has 0 radical (unpaired) electrons. The maximum atomic E-state index is 11.6. The molecule has 0 aliphatic heterocycles. The number of amides is 1. The van der Waals surface area contributed by atoms with Crippen molar-refractivity contribution in [3.63, 3.8) is 0 Å². The van der Waals surface area contributed by atoms with Crippen molar-refractivity contribution >= 4 is 17.5 Å². The van der Waals surface area contributed by atoms with Gasteiger partial charge in [0, 0.05) is 19.7 Å². The number of benzene rings is 1. The van der Waals surface area contributed by atoms with Gasteiger partial charge in [0.05, 0.1) is 11.6 Å². The second kappa shape index (κ2) is 5.03. The van der Waals surface area contributed by atoms with Gasteiger partial charge in [-0.15, -0.1) is 0 Å². The van der Waals surface area contributed by atoms with E-state index in [-0.39, 0.29) is 5.91 Å². The van der Waals surface area contributed by atoms with Gasteiger partial charge in [0.1, 0.15) is 5.75 Å². The topological polar surface area (TPSA) is 29.5 Å². The lowest BCUT2D eigenvalue weighted by Gasteiger charge is -2.11. The summed E-state index contributed by atoms with van der Waals surface area (Å²) < 4.78 is 5.27. The van der Waals surface area contributed by atoms with Gasteiger partial charge in [0.25, 0.3) is 5.91 Å². The Kier molecular flexibility index (Phi) is 3.97. The van der Waals surface area contributed by atoms with E-state index >= 15 is 0 Å². The lowest BCUT2D eigenvalue weighted by Crippen LogP contribution is -2.21. The lowest BCUT2D eigenvalue weighted by molar-refractivity contribution is 0.0827. The summed E-state index contributed by atoms with van der Waals surface area (Å²) in [4.78, 5) is 13.1. The first kappa shape index (κ1) is 11.9. The normalized spacial score (nSPS) is 9.87. The predicted molar refractivity (Wildman–Crippen MR) is 60.6 cm³/mol. The molecular weight excluding hydrogens is 214 g/mol. The Morgan fingerprint density at radius 3 is 2.60 bits per heavy atom. The molecule has 0 atom stereocenters. The van der Waals surface area contributed by atoms with Crippen LogP contribution in [0.3, 0.4) is 0 Å². The molecule has 15 heavy (non-hydrogen) atoms. The van der Waals surface area contributed by atoms with Gasteiger partial charge in [-0.1, -0.05) is 11.6 Å². The zero-order valence-corrected chi connectivity index (χ0v) is 9.84. The SMILES string of the molecule is CCOc1ccc(C(=O)N(C)C)cc1Cl. The van der Waals surface area contributed by atoms with Crippen LogP contribution in [0, 0.1) is 0 Å². The summed E-state index contributed by atoms with van der Waals surface area (Å²) in [5, 5.41) is 0.463. The van der Waals surface area contributed by atoms with Crippen molar-refractivity contribution in [1.82, 2.24) is 4.90 Å². The van der Waals surface area contributed by atoms with Gasteiger partial charge in [-0.25, -0.2) is 0 Å². The van der Waals surface area contributed by atoms with E-state index in [0.717, 1.165) is 0 Å². The molecule has 0 saturated carbocycles. The molecule has 1 aromatic carbocycles. The molecule has 0 N–H and O–H groups in total. The quantitative estimate of drug-likeness (QED) is 0.794. The molecule has 0 aliphatic rings. The summed E-state index contributed by atoms with van der Waals surface area (Å²) in [5.74, 6) is 0.537. The Morgan fingerprint density at radius 1 is 1.47 bits per heavy atom. The van der Waals surface area contributed by atoms with E-state index < -0.39 is 0 Å². The van der Waals surface area contributed by atoms with E-state index in [1.807, 2.05) is 6.92 Å². The number of carbonyl (C=O) groups is 1. The number of hydrogen-bond acceptors (Lipinski definition) is 2. The third-order valence-corrected chi connectivity index (χ3v) is 2.18. The van der Waals surface area contributed by atoms with Crippen LogP contribution < -0.4 is 4.74 Å². The maximum absolute atomic E-state index is 11.6. The highest BCUT2D eigenvalue weighted by Gasteiger charge is 2.10. The van der Waals surface area contributed by atoms with Crippen molar-refractivity contribution in [2.45, 2.75) is 6.92 Å². The van der Waals surface area contributed by atoms with Crippen LogP contribution in [0.25, 0.3) is 0 Å². The van der Waals surface area contributed by atoms with Gasteiger partial charge in [-0.2, -0.15) is 0 Å². The fourth-order valence-electron chi connectivity index (χ4n) is 1.16. The van der Waals surface area contributed by atoms with Crippen LogP contribution >= 0.6 is 11.6 Å². The molecule has 0 fully saturated rings. The second-order valence-corrected chi connectivity index (χ2v) is 3.68. The predicted octanol–water partition coefficient (Wildman–Crippen LogP) is 2.44. The molecule has 0 aliphatic carbocycles. The van der Waals surface area contributed by atoms with E-state index in [1.54, 1.807) is 32.3 Å². The molecular formula is C11H14ClNO2. The fourth-order valence-corrected chi connectivity index (χ4v) is 1.40. The molecule has 1 rings (SSSR count). The summed E-state index contributed by atoms with van der Waals surface area (Å²) in [5.41, 5.74) is 0.563. The van der Waals surface area contributed by atoms with Gasteiger partial charge >= 0.3 is 0 Å². The standard InChI is InChI=1S/C11H14ClNO2/c1-4-15-10-6-5-8(7-9(10)12)11(14)13(2)3/h5-7H,4H2,1-3H3. The molecule has 4 heteroatoms. The molecule has 1 aromatic rings. The molecule has 0 unspecified atom stereocenters. The molecule has 82 valence electrons. The van der Waals surface area contributed by atoms with Gasteiger partial charge < -0.3 is 9.64 Å². The largest absolute Gasteiger partial charge is 0.492 e. The average Bonchev–Trinajstić information content (AvgIpc) is 2.20. The molecule has 3 nitrogen and oxygen atoms in total. The maximum Gasteiger partial charge on any atom is 0.253 e. The Bertz CT molecular complexity index is 364. The lowest BCUT2D eigenvalue weighted by atomic mass is 10.2. The summed E-state index contributed by atoms with van der Waals surface area (Å²) in [6.45, 7) is 2.44. The number of carbonyl (C=O) groups excluding carboxylic acids is 1. The van der Waals surface area contributed by atoms with Crippen LogP contribution in [-0.2, 0) is 0 Å². The van der Waals surface area contributed by atoms with E-state index in [4.69, 9.17) is 16.3 Å². The first-order valence-corrected chi connectivity index (χ1v) is 5.08. The van der Waals surface area contributed by atoms with Gasteiger partial charge in [-0.05, 0) is 25.1 Å². The van der Waals surface area contributed by atoms with E-state index in [9.17, 15) is 4.79 Å². The van der Waals surface area contributed by atoms with E-state index in [2.05, 4.69) is 0 Å². The summed E-state index contributed by atoms with van der Waals surface area (Å²) in [6, 6.07) is 5.04. The van der Waals surface area contributed by atoms with Crippen LogP contribution in [0.15, 0.2) is 18.2 Å². The zero-order valence-electron chi connectivity index (χ0n) is 9.08. The van der Waals surface area contributed by atoms with Crippen LogP contribution in [0.4, 0.5) is 0 Å². The van der Waals surface area contributed by atoms with Crippen LogP contribution in [-0.4, -0.2) is 31.5 Å². The number of halogens is 1. The number of nitrogens with zero attached hydrogens (tertiary/aromatic N) is 1. The van der Waals surface area contributed by atoms with Crippen LogP contribution in [0.5, 0.6) is 5.75 Å².